The highest BCUT2D eigenvalue weighted by Gasteiger charge is 2.06. The van der Waals surface area contributed by atoms with Gasteiger partial charge in [-0.3, -0.25) is 9.59 Å². The Balaban J connectivity index is 1.56. The van der Waals surface area contributed by atoms with Crippen LogP contribution >= 0.6 is 0 Å². The van der Waals surface area contributed by atoms with Crippen molar-refractivity contribution in [3.63, 3.8) is 0 Å². The van der Waals surface area contributed by atoms with Gasteiger partial charge in [0.05, 0.1) is 13.2 Å². The Bertz CT molecular complexity index is 615. The third-order valence-corrected chi connectivity index (χ3v) is 3.10. The van der Waals surface area contributed by atoms with E-state index in [1.807, 2.05) is 36.4 Å². The van der Waals surface area contributed by atoms with Crippen LogP contribution in [0.3, 0.4) is 0 Å². The monoisotopic (exact) mass is 312 g/mol. The first-order valence-corrected chi connectivity index (χ1v) is 7.53. The van der Waals surface area contributed by atoms with E-state index >= 15 is 0 Å². The Morgan fingerprint density at radius 3 is 2.22 bits per heavy atom. The van der Waals surface area contributed by atoms with E-state index in [4.69, 9.17) is 4.74 Å². The molecule has 0 radical (unpaired) electrons. The SMILES string of the molecule is O=C(CNC(=O)c1ccccc1)NCCCOc1ccccc1. The quantitative estimate of drug-likeness (QED) is 0.733. The molecule has 120 valence electrons. The number of ether oxygens (including phenoxy) is 1. The Morgan fingerprint density at radius 2 is 1.52 bits per heavy atom. The zero-order valence-electron chi connectivity index (χ0n) is 12.8. The van der Waals surface area contributed by atoms with Gasteiger partial charge in [0.2, 0.25) is 5.91 Å². The lowest BCUT2D eigenvalue weighted by molar-refractivity contribution is -0.120. The molecule has 2 amide bonds. The number of para-hydroxylation sites is 1. The maximum Gasteiger partial charge on any atom is 0.251 e. The van der Waals surface area contributed by atoms with E-state index in [0.717, 1.165) is 5.75 Å². The van der Waals surface area contributed by atoms with Crippen molar-refractivity contribution < 1.29 is 14.3 Å². The van der Waals surface area contributed by atoms with Gasteiger partial charge in [0.1, 0.15) is 5.75 Å². The van der Waals surface area contributed by atoms with Crippen molar-refractivity contribution in [3.05, 3.63) is 66.2 Å². The van der Waals surface area contributed by atoms with Gasteiger partial charge in [-0.2, -0.15) is 0 Å². The molecule has 0 aliphatic heterocycles. The predicted octanol–water partition coefficient (Wildman–Crippen LogP) is 2.00. The molecular formula is C18H20N2O3. The van der Waals surface area contributed by atoms with E-state index in [1.165, 1.54) is 0 Å². The molecule has 0 heterocycles. The van der Waals surface area contributed by atoms with Crippen molar-refractivity contribution in [2.45, 2.75) is 6.42 Å². The van der Waals surface area contributed by atoms with Crippen LogP contribution in [0, 0.1) is 0 Å². The van der Waals surface area contributed by atoms with Crippen LogP contribution in [-0.4, -0.2) is 31.5 Å². The van der Waals surface area contributed by atoms with E-state index in [-0.39, 0.29) is 18.4 Å². The molecule has 0 unspecified atom stereocenters. The van der Waals surface area contributed by atoms with Crippen molar-refractivity contribution in [2.24, 2.45) is 0 Å². The Morgan fingerprint density at radius 1 is 0.870 bits per heavy atom. The first kappa shape index (κ1) is 16.5. The molecule has 5 nitrogen and oxygen atoms in total. The van der Waals surface area contributed by atoms with Crippen LogP contribution in [0.25, 0.3) is 0 Å². The van der Waals surface area contributed by atoms with Crippen molar-refractivity contribution in [1.29, 1.82) is 0 Å². The fourth-order valence-corrected chi connectivity index (χ4v) is 1.92. The van der Waals surface area contributed by atoms with Gasteiger partial charge < -0.3 is 15.4 Å². The number of rotatable bonds is 8. The minimum absolute atomic E-state index is 0.0345. The molecule has 0 bridgehead atoms. The van der Waals surface area contributed by atoms with Crippen molar-refractivity contribution in [1.82, 2.24) is 10.6 Å². The molecule has 0 aliphatic rings. The van der Waals surface area contributed by atoms with Crippen molar-refractivity contribution >= 4 is 11.8 Å². The third kappa shape index (κ3) is 6.22. The average Bonchev–Trinajstić information content (AvgIpc) is 2.61. The molecule has 2 rings (SSSR count). The summed E-state index contributed by atoms with van der Waals surface area (Å²) in [6.07, 6.45) is 0.702. The van der Waals surface area contributed by atoms with Gasteiger partial charge in [0.25, 0.3) is 5.91 Å². The van der Waals surface area contributed by atoms with Gasteiger partial charge >= 0.3 is 0 Å². The Hall–Kier alpha value is -2.82. The van der Waals surface area contributed by atoms with Gasteiger partial charge in [0.15, 0.2) is 0 Å². The topological polar surface area (TPSA) is 67.4 Å². The molecular weight excluding hydrogens is 292 g/mol. The van der Waals surface area contributed by atoms with Crippen LogP contribution in [-0.2, 0) is 4.79 Å². The van der Waals surface area contributed by atoms with E-state index in [0.29, 0.717) is 25.1 Å². The molecule has 0 saturated heterocycles. The molecule has 0 spiro atoms. The largest absolute Gasteiger partial charge is 0.494 e. The number of hydrogen-bond acceptors (Lipinski definition) is 3. The Kier molecular flexibility index (Phi) is 6.65. The minimum atomic E-state index is -0.256. The zero-order valence-corrected chi connectivity index (χ0v) is 12.8. The molecule has 2 N–H and O–H groups in total. The van der Waals surface area contributed by atoms with Gasteiger partial charge in [-0.25, -0.2) is 0 Å². The summed E-state index contributed by atoms with van der Waals surface area (Å²) < 4.78 is 5.52. The molecule has 2 aromatic rings. The maximum absolute atomic E-state index is 11.8. The van der Waals surface area contributed by atoms with Gasteiger partial charge in [-0.05, 0) is 30.7 Å². The number of benzene rings is 2. The van der Waals surface area contributed by atoms with Crippen molar-refractivity contribution in [2.75, 3.05) is 19.7 Å². The molecule has 2 aromatic carbocycles. The van der Waals surface area contributed by atoms with Crippen LogP contribution in [0.4, 0.5) is 0 Å². The number of hydrogen-bond donors (Lipinski definition) is 2. The second kappa shape index (κ2) is 9.25. The maximum atomic E-state index is 11.8. The van der Waals surface area contributed by atoms with Gasteiger partial charge in [-0.1, -0.05) is 36.4 Å². The lowest BCUT2D eigenvalue weighted by atomic mass is 10.2. The minimum Gasteiger partial charge on any atom is -0.494 e. The summed E-state index contributed by atoms with van der Waals surface area (Å²) in [4.78, 5) is 23.4. The third-order valence-electron chi connectivity index (χ3n) is 3.10. The molecule has 23 heavy (non-hydrogen) atoms. The Labute approximate surface area is 135 Å². The smallest absolute Gasteiger partial charge is 0.251 e. The first-order chi connectivity index (χ1) is 11.3. The van der Waals surface area contributed by atoms with Gasteiger partial charge in [-0.15, -0.1) is 0 Å². The lowest BCUT2D eigenvalue weighted by Crippen LogP contribution is -2.37. The summed E-state index contributed by atoms with van der Waals surface area (Å²) in [5.74, 6) is 0.344. The normalized spacial score (nSPS) is 9.91. The fraction of sp³-hybridized carbons (Fsp3) is 0.222. The summed E-state index contributed by atoms with van der Waals surface area (Å²) in [6.45, 7) is 1.00. The van der Waals surface area contributed by atoms with Crippen LogP contribution in [0.5, 0.6) is 5.75 Å². The van der Waals surface area contributed by atoms with Gasteiger partial charge in [0, 0.05) is 12.1 Å². The fourth-order valence-electron chi connectivity index (χ4n) is 1.92. The highest BCUT2D eigenvalue weighted by Crippen LogP contribution is 2.07. The van der Waals surface area contributed by atoms with Crippen LogP contribution in [0.2, 0.25) is 0 Å². The number of carbonyl (C=O) groups is 2. The first-order valence-electron chi connectivity index (χ1n) is 7.53. The summed E-state index contributed by atoms with van der Waals surface area (Å²) >= 11 is 0. The highest BCUT2D eigenvalue weighted by atomic mass is 16.5. The van der Waals surface area contributed by atoms with E-state index in [2.05, 4.69) is 10.6 Å². The number of carbonyl (C=O) groups excluding carboxylic acids is 2. The summed E-state index contributed by atoms with van der Waals surface area (Å²) in [5, 5.41) is 5.33. The zero-order chi connectivity index (χ0) is 16.3. The molecule has 0 saturated carbocycles. The summed E-state index contributed by atoms with van der Waals surface area (Å²) in [7, 11) is 0. The summed E-state index contributed by atoms with van der Waals surface area (Å²) in [6, 6.07) is 18.3. The second-order valence-electron chi connectivity index (χ2n) is 4.91. The molecule has 5 heteroatoms. The van der Waals surface area contributed by atoms with Crippen LogP contribution in [0.15, 0.2) is 60.7 Å². The number of amides is 2. The van der Waals surface area contributed by atoms with E-state index in [9.17, 15) is 9.59 Å². The number of nitrogens with one attached hydrogen (secondary N) is 2. The van der Waals surface area contributed by atoms with E-state index in [1.54, 1.807) is 24.3 Å². The molecule has 0 aromatic heterocycles. The molecule has 0 fully saturated rings. The van der Waals surface area contributed by atoms with E-state index < -0.39 is 0 Å². The summed E-state index contributed by atoms with van der Waals surface area (Å²) in [5.41, 5.74) is 0.538. The van der Waals surface area contributed by atoms with Crippen LogP contribution < -0.4 is 15.4 Å². The molecule has 0 aliphatic carbocycles. The highest BCUT2D eigenvalue weighted by molar-refractivity contribution is 5.96. The standard InChI is InChI=1S/C18H20N2O3/c21-17(14-20-18(22)15-8-3-1-4-9-15)19-12-7-13-23-16-10-5-2-6-11-16/h1-6,8-11H,7,12-14H2,(H,19,21)(H,20,22). The predicted molar refractivity (Wildman–Crippen MR) is 88.3 cm³/mol. The molecule has 0 atom stereocenters. The second-order valence-corrected chi connectivity index (χ2v) is 4.91. The van der Waals surface area contributed by atoms with Crippen molar-refractivity contribution in [3.8, 4) is 5.75 Å². The average molecular weight is 312 g/mol. The van der Waals surface area contributed by atoms with Crippen LogP contribution in [0.1, 0.15) is 16.8 Å². The lowest BCUT2D eigenvalue weighted by Gasteiger charge is -2.08.